The van der Waals surface area contributed by atoms with Gasteiger partial charge in [0.25, 0.3) is 5.89 Å². The summed E-state index contributed by atoms with van der Waals surface area (Å²) in [5.41, 5.74) is 3.19. The van der Waals surface area contributed by atoms with Crippen LogP contribution >= 0.6 is 0 Å². The largest absolute Gasteiger partial charge is 0.497 e. The number of benzene rings is 2. The van der Waals surface area contributed by atoms with E-state index in [4.69, 9.17) is 19.2 Å². The van der Waals surface area contributed by atoms with Crippen LogP contribution < -0.4 is 15.0 Å². The van der Waals surface area contributed by atoms with Gasteiger partial charge in [-0.3, -0.25) is 10.0 Å². The maximum absolute atomic E-state index is 11.0. The monoisotopic (exact) mass is 383 g/mol. The molecule has 1 aromatic heterocycles. The molecule has 0 saturated carbocycles. The maximum atomic E-state index is 11.0. The van der Waals surface area contributed by atoms with E-state index in [1.807, 2.05) is 48.5 Å². The van der Waals surface area contributed by atoms with Gasteiger partial charge in [-0.25, -0.2) is 5.48 Å². The SMILES string of the molecule is COc1ccc(-c2noc(-c3cccc(OCCCCC(=O)NO)c3)n2)cc1. The van der Waals surface area contributed by atoms with Gasteiger partial charge in [0, 0.05) is 17.5 Å². The van der Waals surface area contributed by atoms with Gasteiger partial charge in [0.15, 0.2) is 0 Å². The fraction of sp³-hybridized carbons (Fsp3) is 0.250. The molecule has 8 heteroatoms. The predicted octanol–water partition coefficient (Wildman–Crippen LogP) is 3.47. The highest BCUT2D eigenvalue weighted by molar-refractivity contribution is 5.74. The Bertz CT molecular complexity index is 908. The molecule has 146 valence electrons. The lowest BCUT2D eigenvalue weighted by molar-refractivity contribution is -0.129. The van der Waals surface area contributed by atoms with E-state index in [0.717, 1.165) is 16.9 Å². The molecule has 0 atom stereocenters. The molecule has 0 spiro atoms. The lowest BCUT2D eigenvalue weighted by Gasteiger charge is -2.06. The molecule has 2 N–H and O–H groups in total. The Kier molecular flexibility index (Phi) is 6.59. The first-order chi connectivity index (χ1) is 13.7. The average Bonchev–Trinajstić information content (AvgIpc) is 3.24. The first kappa shape index (κ1) is 19.4. The fourth-order valence-corrected chi connectivity index (χ4v) is 2.55. The number of rotatable bonds is 9. The Hall–Kier alpha value is -3.39. The van der Waals surface area contributed by atoms with Gasteiger partial charge in [-0.2, -0.15) is 4.98 Å². The number of carbonyl (C=O) groups excluding carboxylic acids is 1. The Morgan fingerprint density at radius 2 is 1.93 bits per heavy atom. The molecule has 2 aromatic carbocycles. The number of hydroxylamine groups is 1. The fourth-order valence-electron chi connectivity index (χ4n) is 2.55. The number of carbonyl (C=O) groups is 1. The molecule has 8 nitrogen and oxygen atoms in total. The average molecular weight is 383 g/mol. The Morgan fingerprint density at radius 1 is 1.11 bits per heavy atom. The molecule has 0 saturated heterocycles. The summed E-state index contributed by atoms with van der Waals surface area (Å²) in [5, 5.41) is 12.5. The molecule has 28 heavy (non-hydrogen) atoms. The highest BCUT2D eigenvalue weighted by atomic mass is 16.5. The zero-order valence-corrected chi connectivity index (χ0v) is 15.4. The van der Waals surface area contributed by atoms with Crippen LogP contribution in [0, 0.1) is 0 Å². The number of unbranched alkanes of at least 4 members (excludes halogenated alkanes) is 1. The van der Waals surface area contributed by atoms with Crippen molar-refractivity contribution in [1.29, 1.82) is 0 Å². The predicted molar refractivity (Wildman–Crippen MR) is 101 cm³/mol. The number of nitrogens with one attached hydrogen (secondary N) is 1. The van der Waals surface area contributed by atoms with Crippen molar-refractivity contribution in [3.05, 3.63) is 48.5 Å². The van der Waals surface area contributed by atoms with Crippen LogP contribution in [0.3, 0.4) is 0 Å². The minimum absolute atomic E-state index is 0.260. The molecule has 1 amide bonds. The van der Waals surface area contributed by atoms with Gasteiger partial charge < -0.3 is 14.0 Å². The third kappa shape index (κ3) is 5.08. The van der Waals surface area contributed by atoms with E-state index < -0.39 is 5.91 Å². The van der Waals surface area contributed by atoms with Crippen molar-refractivity contribution in [2.45, 2.75) is 19.3 Å². The summed E-state index contributed by atoms with van der Waals surface area (Å²) in [4.78, 5) is 15.4. The van der Waals surface area contributed by atoms with Crippen LogP contribution in [0.15, 0.2) is 53.1 Å². The van der Waals surface area contributed by atoms with Gasteiger partial charge in [-0.05, 0) is 55.3 Å². The van der Waals surface area contributed by atoms with Crippen molar-refractivity contribution >= 4 is 5.91 Å². The van der Waals surface area contributed by atoms with E-state index in [1.165, 1.54) is 0 Å². The second kappa shape index (κ2) is 9.52. The highest BCUT2D eigenvalue weighted by Gasteiger charge is 2.11. The van der Waals surface area contributed by atoms with Gasteiger partial charge in [-0.1, -0.05) is 11.2 Å². The molecule has 3 aromatic rings. The van der Waals surface area contributed by atoms with E-state index in [9.17, 15) is 4.79 Å². The normalized spacial score (nSPS) is 10.5. The van der Waals surface area contributed by atoms with Gasteiger partial charge in [-0.15, -0.1) is 0 Å². The van der Waals surface area contributed by atoms with E-state index in [0.29, 0.717) is 36.9 Å². The molecule has 1 heterocycles. The van der Waals surface area contributed by atoms with Crippen molar-refractivity contribution in [3.63, 3.8) is 0 Å². The number of hydrogen-bond acceptors (Lipinski definition) is 7. The number of nitrogens with zero attached hydrogens (tertiary/aromatic N) is 2. The summed E-state index contributed by atoms with van der Waals surface area (Å²) in [6.45, 7) is 0.461. The number of methoxy groups -OCH3 is 1. The molecule has 0 bridgehead atoms. The molecule has 3 rings (SSSR count). The zero-order valence-electron chi connectivity index (χ0n) is 15.4. The zero-order chi connectivity index (χ0) is 19.8. The highest BCUT2D eigenvalue weighted by Crippen LogP contribution is 2.26. The lowest BCUT2D eigenvalue weighted by atomic mass is 10.2. The second-order valence-electron chi connectivity index (χ2n) is 6.02. The van der Waals surface area contributed by atoms with Crippen LogP contribution in [-0.4, -0.2) is 35.0 Å². The molecule has 0 unspecified atom stereocenters. The lowest BCUT2D eigenvalue weighted by Crippen LogP contribution is -2.18. The summed E-state index contributed by atoms with van der Waals surface area (Å²) >= 11 is 0. The van der Waals surface area contributed by atoms with E-state index in [2.05, 4.69) is 10.1 Å². The van der Waals surface area contributed by atoms with Gasteiger partial charge in [0.2, 0.25) is 11.7 Å². The van der Waals surface area contributed by atoms with Crippen LogP contribution in [0.5, 0.6) is 11.5 Å². The minimum atomic E-state index is -0.397. The smallest absolute Gasteiger partial charge is 0.258 e. The quantitative estimate of drug-likeness (QED) is 0.331. The topological polar surface area (TPSA) is 107 Å². The third-order valence-corrected chi connectivity index (χ3v) is 4.05. The molecule has 0 aliphatic heterocycles. The van der Waals surface area contributed by atoms with Crippen molar-refractivity contribution in [2.75, 3.05) is 13.7 Å². The van der Waals surface area contributed by atoms with Crippen LogP contribution in [0.1, 0.15) is 19.3 Å². The first-order valence-electron chi connectivity index (χ1n) is 8.84. The Morgan fingerprint density at radius 3 is 2.68 bits per heavy atom. The van der Waals surface area contributed by atoms with Gasteiger partial charge in [0.1, 0.15) is 11.5 Å². The second-order valence-corrected chi connectivity index (χ2v) is 6.02. The van der Waals surface area contributed by atoms with Crippen molar-refractivity contribution in [1.82, 2.24) is 15.6 Å². The number of aromatic nitrogens is 2. The summed E-state index contributed by atoms with van der Waals surface area (Å²) < 4.78 is 16.2. The van der Waals surface area contributed by atoms with E-state index in [-0.39, 0.29) is 6.42 Å². The van der Waals surface area contributed by atoms with Crippen LogP contribution in [-0.2, 0) is 4.79 Å². The van der Waals surface area contributed by atoms with Crippen LogP contribution in [0.25, 0.3) is 22.8 Å². The summed E-state index contributed by atoms with van der Waals surface area (Å²) in [6, 6.07) is 14.8. The summed E-state index contributed by atoms with van der Waals surface area (Å²) in [5.74, 6) is 1.93. The standard InChI is InChI=1S/C20H21N3O5/c1-26-16-10-8-14(9-11-16)19-21-20(28-23-19)15-5-4-6-17(13-15)27-12-3-2-7-18(24)22-25/h4-6,8-11,13,25H,2-3,7,12H2,1H3,(H,22,24). The molecular weight excluding hydrogens is 362 g/mol. The molecule has 0 aliphatic carbocycles. The van der Waals surface area contributed by atoms with E-state index >= 15 is 0 Å². The number of ether oxygens (including phenoxy) is 2. The summed E-state index contributed by atoms with van der Waals surface area (Å²) in [6.07, 6.45) is 1.58. The van der Waals surface area contributed by atoms with Crippen molar-refractivity contribution < 1.29 is 24.0 Å². The van der Waals surface area contributed by atoms with Crippen LogP contribution in [0.2, 0.25) is 0 Å². The van der Waals surface area contributed by atoms with Crippen LogP contribution in [0.4, 0.5) is 0 Å². The molecule has 0 fully saturated rings. The van der Waals surface area contributed by atoms with E-state index in [1.54, 1.807) is 12.6 Å². The minimum Gasteiger partial charge on any atom is -0.497 e. The molecule has 0 radical (unpaired) electrons. The Balaban J connectivity index is 1.60. The Labute approximate surface area is 162 Å². The van der Waals surface area contributed by atoms with Crippen molar-refractivity contribution in [3.8, 4) is 34.3 Å². The van der Waals surface area contributed by atoms with Crippen molar-refractivity contribution in [2.24, 2.45) is 0 Å². The van der Waals surface area contributed by atoms with Gasteiger partial charge in [0.05, 0.1) is 13.7 Å². The maximum Gasteiger partial charge on any atom is 0.258 e. The number of hydrogen-bond donors (Lipinski definition) is 2. The first-order valence-corrected chi connectivity index (χ1v) is 8.84. The summed E-state index contributed by atoms with van der Waals surface area (Å²) in [7, 11) is 1.61. The van der Waals surface area contributed by atoms with Gasteiger partial charge >= 0.3 is 0 Å². The number of amides is 1. The molecular formula is C20H21N3O5. The molecule has 0 aliphatic rings. The third-order valence-electron chi connectivity index (χ3n) is 4.05.